The van der Waals surface area contributed by atoms with Crippen LogP contribution in [0.4, 0.5) is 11.5 Å². The Morgan fingerprint density at radius 3 is 2.68 bits per heavy atom. The number of nitrogens with two attached hydrogens (primary N) is 1. The van der Waals surface area contributed by atoms with Crippen molar-refractivity contribution >= 4 is 23.1 Å². The Morgan fingerprint density at radius 2 is 2.16 bits per heavy atom. The van der Waals surface area contributed by atoms with E-state index < -0.39 is 11.2 Å². The minimum Gasteiger partial charge on any atom is -0.383 e. The molecule has 6 nitrogen and oxygen atoms in total. The molecule has 0 radical (unpaired) electrons. The lowest BCUT2D eigenvalue weighted by molar-refractivity contribution is 0.604. The molecule has 106 valence electrons. The molecule has 0 aromatic carbocycles. The molecule has 0 aliphatic rings. The number of unbranched alkanes of at least 4 members (excludes halogenated alkanes) is 1. The van der Waals surface area contributed by atoms with E-state index in [1.165, 1.54) is 4.57 Å². The highest BCUT2D eigenvalue weighted by Gasteiger charge is 2.16. The molecule has 1 aromatic heterocycles. The van der Waals surface area contributed by atoms with E-state index in [4.69, 9.17) is 17.3 Å². The van der Waals surface area contributed by atoms with Crippen molar-refractivity contribution in [3.8, 4) is 0 Å². The smallest absolute Gasteiger partial charge is 0.330 e. The number of likely N-dealkylation sites (N-methyl/N-ethyl adjacent to an activating group) is 1. The van der Waals surface area contributed by atoms with Gasteiger partial charge in [-0.1, -0.05) is 31.5 Å². The summed E-state index contributed by atoms with van der Waals surface area (Å²) >= 11 is 5.72. The second-order valence-corrected chi connectivity index (χ2v) is 4.91. The van der Waals surface area contributed by atoms with Gasteiger partial charge in [0.05, 0.1) is 6.54 Å². The van der Waals surface area contributed by atoms with Crippen LogP contribution in [0.15, 0.2) is 21.2 Å². The highest BCUT2D eigenvalue weighted by Crippen LogP contribution is 2.16. The van der Waals surface area contributed by atoms with Crippen LogP contribution in [-0.4, -0.2) is 23.1 Å². The van der Waals surface area contributed by atoms with Gasteiger partial charge in [0.25, 0.3) is 5.56 Å². The lowest BCUT2D eigenvalue weighted by Crippen LogP contribution is -2.37. The first-order valence-electron chi connectivity index (χ1n) is 6.05. The number of aromatic amines is 1. The van der Waals surface area contributed by atoms with Crippen LogP contribution < -0.4 is 21.9 Å². The summed E-state index contributed by atoms with van der Waals surface area (Å²) in [4.78, 5) is 27.4. The molecule has 0 saturated carbocycles. The van der Waals surface area contributed by atoms with Crippen molar-refractivity contribution in [3.63, 3.8) is 0 Å². The number of hydrogen-bond acceptors (Lipinski definition) is 4. The molecular formula is C12H19ClN4O2. The largest absolute Gasteiger partial charge is 0.383 e. The molecule has 1 heterocycles. The lowest BCUT2D eigenvalue weighted by atomic mass is 10.3. The van der Waals surface area contributed by atoms with Crippen LogP contribution in [0.2, 0.25) is 0 Å². The van der Waals surface area contributed by atoms with Crippen LogP contribution in [0, 0.1) is 0 Å². The SMILES string of the molecule is C=C(Cl)CN(C)c1c(N)n(CCCC)c(=O)[nH]c1=O. The summed E-state index contributed by atoms with van der Waals surface area (Å²) in [5.74, 6) is 0.155. The zero-order chi connectivity index (χ0) is 14.6. The van der Waals surface area contributed by atoms with Gasteiger partial charge >= 0.3 is 5.69 Å². The average molecular weight is 287 g/mol. The predicted molar refractivity (Wildman–Crippen MR) is 78.9 cm³/mol. The number of aromatic nitrogens is 2. The second-order valence-electron chi connectivity index (χ2n) is 4.37. The standard InChI is InChI=1S/C12H19ClN4O2/c1-4-5-6-17-10(14)9(11(18)15-12(17)19)16(3)7-8(2)13/h2,4-7,14H2,1,3H3,(H,15,18,19). The summed E-state index contributed by atoms with van der Waals surface area (Å²) in [5.41, 5.74) is 5.16. The molecule has 7 heteroatoms. The molecule has 1 rings (SSSR count). The van der Waals surface area contributed by atoms with E-state index in [1.54, 1.807) is 11.9 Å². The molecule has 1 aromatic rings. The zero-order valence-corrected chi connectivity index (χ0v) is 12.0. The summed E-state index contributed by atoms with van der Waals surface area (Å²) in [5, 5.41) is 0.382. The Bertz CT molecular complexity index is 576. The highest BCUT2D eigenvalue weighted by molar-refractivity contribution is 6.29. The van der Waals surface area contributed by atoms with Gasteiger partial charge in [0.2, 0.25) is 0 Å². The number of halogens is 1. The normalized spacial score (nSPS) is 10.5. The number of anilines is 2. The van der Waals surface area contributed by atoms with Crippen molar-refractivity contribution in [1.82, 2.24) is 9.55 Å². The monoisotopic (exact) mass is 286 g/mol. The summed E-state index contributed by atoms with van der Waals surface area (Å²) < 4.78 is 1.37. The maximum Gasteiger partial charge on any atom is 0.330 e. The van der Waals surface area contributed by atoms with E-state index in [-0.39, 0.29) is 18.1 Å². The third-order valence-corrected chi connectivity index (χ3v) is 2.86. The summed E-state index contributed by atoms with van der Waals surface area (Å²) in [6.45, 7) is 6.33. The molecule has 0 aliphatic carbocycles. The first-order valence-corrected chi connectivity index (χ1v) is 6.43. The fraction of sp³-hybridized carbons (Fsp3) is 0.500. The van der Waals surface area contributed by atoms with Gasteiger partial charge in [-0.3, -0.25) is 14.3 Å². The van der Waals surface area contributed by atoms with Crippen molar-refractivity contribution in [2.24, 2.45) is 0 Å². The van der Waals surface area contributed by atoms with Crippen molar-refractivity contribution in [1.29, 1.82) is 0 Å². The van der Waals surface area contributed by atoms with E-state index in [2.05, 4.69) is 11.6 Å². The Morgan fingerprint density at radius 1 is 1.53 bits per heavy atom. The lowest BCUT2D eigenvalue weighted by Gasteiger charge is -2.21. The Balaban J connectivity index is 3.28. The molecule has 0 saturated heterocycles. The van der Waals surface area contributed by atoms with E-state index in [0.717, 1.165) is 12.8 Å². The number of hydrogen-bond donors (Lipinski definition) is 2. The van der Waals surface area contributed by atoms with E-state index in [0.29, 0.717) is 11.6 Å². The number of rotatable bonds is 6. The van der Waals surface area contributed by atoms with Crippen molar-refractivity contribution < 1.29 is 0 Å². The summed E-state index contributed by atoms with van der Waals surface area (Å²) in [7, 11) is 1.67. The van der Waals surface area contributed by atoms with Gasteiger partial charge in [0, 0.05) is 18.6 Å². The molecule has 0 fully saturated rings. The van der Waals surface area contributed by atoms with Gasteiger partial charge in [-0.05, 0) is 6.42 Å². The maximum absolute atomic E-state index is 11.8. The molecule has 0 atom stereocenters. The van der Waals surface area contributed by atoms with Crippen molar-refractivity contribution in [3.05, 3.63) is 32.4 Å². The van der Waals surface area contributed by atoms with Gasteiger partial charge in [-0.15, -0.1) is 0 Å². The van der Waals surface area contributed by atoms with Crippen LogP contribution in [-0.2, 0) is 6.54 Å². The number of nitrogens with zero attached hydrogens (tertiary/aromatic N) is 2. The summed E-state index contributed by atoms with van der Waals surface area (Å²) in [6.07, 6.45) is 1.73. The Labute approximate surface area is 116 Å². The van der Waals surface area contributed by atoms with Crippen LogP contribution >= 0.6 is 11.6 Å². The third-order valence-electron chi connectivity index (χ3n) is 2.74. The highest BCUT2D eigenvalue weighted by atomic mass is 35.5. The van der Waals surface area contributed by atoms with Crippen LogP contribution in [0.3, 0.4) is 0 Å². The van der Waals surface area contributed by atoms with Gasteiger partial charge in [0.1, 0.15) is 11.5 Å². The predicted octanol–water partition coefficient (Wildman–Crippen LogP) is 1.11. The first kappa shape index (κ1) is 15.4. The van der Waals surface area contributed by atoms with Crippen LogP contribution in [0.1, 0.15) is 19.8 Å². The number of H-pyrrole nitrogens is 1. The van der Waals surface area contributed by atoms with E-state index >= 15 is 0 Å². The van der Waals surface area contributed by atoms with E-state index in [1.807, 2.05) is 6.92 Å². The fourth-order valence-electron chi connectivity index (χ4n) is 1.82. The molecule has 0 bridgehead atoms. The molecule has 3 N–H and O–H groups in total. The van der Waals surface area contributed by atoms with Crippen molar-refractivity contribution in [2.75, 3.05) is 24.2 Å². The number of nitrogen functional groups attached to an aromatic ring is 1. The second kappa shape index (κ2) is 6.47. The molecular weight excluding hydrogens is 268 g/mol. The third kappa shape index (κ3) is 3.64. The average Bonchev–Trinajstić information content (AvgIpc) is 2.27. The maximum atomic E-state index is 11.8. The minimum absolute atomic E-state index is 0.155. The molecule has 0 unspecified atom stereocenters. The molecule has 0 spiro atoms. The molecule has 19 heavy (non-hydrogen) atoms. The molecule has 0 aliphatic heterocycles. The van der Waals surface area contributed by atoms with Gasteiger partial charge in [-0.2, -0.15) is 0 Å². The quantitative estimate of drug-likeness (QED) is 0.820. The fourth-order valence-corrected chi connectivity index (χ4v) is 2.00. The topological polar surface area (TPSA) is 84.1 Å². The first-order chi connectivity index (χ1) is 8.88. The summed E-state index contributed by atoms with van der Waals surface area (Å²) in [6, 6.07) is 0. The van der Waals surface area contributed by atoms with Crippen LogP contribution in [0.5, 0.6) is 0 Å². The molecule has 0 amide bonds. The number of nitrogens with one attached hydrogen (secondary N) is 1. The van der Waals surface area contributed by atoms with E-state index in [9.17, 15) is 9.59 Å². The van der Waals surface area contributed by atoms with Gasteiger partial charge in [-0.25, -0.2) is 4.79 Å². The Kier molecular flexibility index (Phi) is 5.23. The van der Waals surface area contributed by atoms with Gasteiger partial charge < -0.3 is 10.6 Å². The van der Waals surface area contributed by atoms with Crippen LogP contribution in [0.25, 0.3) is 0 Å². The minimum atomic E-state index is -0.518. The zero-order valence-electron chi connectivity index (χ0n) is 11.2. The van der Waals surface area contributed by atoms with Gasteiger partial charge in [0.15, 0.2) is 0 Å². The Hall–Kier alpha value is -1.69. The van der Waals surface area contributed by atoms with Crippen molar-refractivity contribution in [2.45, 2.75) is 26.3 Å².